The van der Waals surface area contributed by atoms with E-state index in [1.165, 1.54) is 18.4 Å². The van der Waals surface area contributed by atoms with Gasteiger partial charge in [0, 0.05) is 19.6 Å². The Bertz CT molecular complexity index is 305. The maximum atomic E-state index is 5.43. The molecule has 1 rings (SSSR count). The minimum atomic E-state index is 0.186. The van der Waals surface area contributed by atoms with E-state index in [1.54, 1.807) is 19.8 Å². The summed E-state index contributed by atoms with van der Waals surface area (Å²) < 4.78 is 10.9. The lowest BCUT2D eigenvalue weighted by atomic mass is 9.86. The zero-order chi connectivity index (χ0) is 13.6. The van der Waals surface area contributed by atoms with E-state index in [2.05, 4.69) is 32.9 Å². The van der Waals surface area contributed by atoms with E-state index in [-0.39, 0.29) is 5.41 Å². The first-order chi connectivity index (χ1) is 8.56. The summed E-state index contributed by atoms with van der Waals surface area (Å²) in [5, 5.41) is 0. The van der Waals surface area contributed by atoms with Crippen molar-refractivity contribution in [3.8, 4) is 0 Å². The molecule has 0 radical (unpaired) electrons. The zero-order valence-electron chi connectivity index (χ0n) is 12.6. The van der Waals surface area contributed by atoms with Crippen LogP contribution in [0.15, 0.2) is 23.3 Å². The standard InChI is InChI=1S/C16H28O2/c1-6-14-9-16(11-17-4,12-18-5)10-15(14)8-7-13(2)3/h7-8,14H,6,9-12H2,1-5H3/b15-8+. The molecule has 1 saturated carbocycles. The second-order valence-corrected chi connectivity index (χ2v) is 5.84. The van der Waals surface area contributed by atoms with Crippen LogP contribution >= 0.6 is 0 Å². The van der Waals surface area contributed by atoms with Gasteiger partial charge in [0.05, 0.1) is 13.2 Å². The molecule has 1 aliphatic rings. The molecule has 1 atom stereocenters. The molecule has 1 unspecified atom stereocenters. The highest BCUT2D eigenvalue weighted by molar-refractivity contribution is 5.23. The summed E-state index contributed by atoms with van der Waals surface area (Å²) in [6.45, 7) is 8.15. The van der Waals surface area contributed by atoms with Gasteiger partial charge in [0.15, 0.2) is 0 Å². The van der Waals surface area contributed by atoms with E-state index in [4.69, 9.17) is 9.47 Å². The maximum Gasteiger partial charge on any atom is 0.0544 e. The molecular formula is C16H28O2. The van der Waals surface area contributed by atoms with Crippen LogP contribution in [0.2, 0.25) is 0 Å². The van der Waals surface area contributed by atoms with Crippen LogP contribution in [0.25, 0.3) is 0 Å². The normalized spacial score (nSPS) is 24.5. The molecule has 2 heteroatoms. The summed E-state index contributed by atoms with van der Waals surface area (Å²) in [4.78, 5) is 0. The zero-order valence-corrected chi connectivity index (χ0v) is 12.6. The molecule has 0 aromatic rings. The summed E-state index contributed by atoms with van der Waals surface area (Å²) in [5.74, 6) is 0.686. The summed E-state index contributed by atoms with van der Waals surface area (Å²) in [5.41, 5.74) is 3.10. The van der Waals surface area contributed by atoms with Gasteiger partial charge in [-0.2, -0.15) is 0 Å². The highest BCUT2D eigenvalue weighted by atomic mass is 16.5. The van der Waals surface area contributed by atoms with Crippen molar-refractivity contribution in [2.24, 2.45) is 11.3 Å². The largest absolute Gasteiger partial charge is 0.384 e. The first-order valence-corrected chi connectivity index (χ1v) is 6.88. The van der Waals surface area contributed by atoms with Gasteiger partial charge in [-0.05, 0) is 39.0 Å². The molecule has 0 heterocycles. The molecule has 0 amide bonds. The van der Waals surface area contributed by atoms with Crippen LogP contribution < -0.4 is 0 Å². The van der Waals surface area contributed by atoms with E-state index in [1.807, 2.05) is 0 Å². The fourth-order valence-corrected chi connectivity index (χ4v) is 3.05. The third-order valence-electron chi connectivity index (χ3n) is 3.81. The first kappa shape index (κ1) is 15.5. The summed E-state index contributed by atoms with van der Waals surface area (Å²) in [7, 11) is 3.58. The van der Waals surface area contributed by atoms with Crippen molar-refractivity contribution in [1.82, 2.24) is 0 Å². The fraction of sp³-hybridized carbons (Fsp3) is 0.750. The number of ether oxygens (including phenoxy) is 2. The minimum Gasteiger partial charge on any atom is -0.384 e. The summed E-state index contributed by atoms with van der Waals surface area (Å²) in [6, 6.07) is 0. The van der Waals surface area contributed by atoms with Crippen LogP contribution in [-0.4, -0.2) is 27.4 Å². The van der Waals surface area contributed by atoms with Gasteiger partial charge in [0.1, 0.15) is 0 Å². The lowest BCUT2D eigenvalue weighted by molar-refractivity contribution is 0.0129. The molecule has 0 bridgehead atoms. The SMILES string of the molecule is CCC1CC(COC)(COC)C/C1=C\C=C(C)C. The highest BCUT2D eigenvalue weighted by Gasteiger charge is 2.41. The van der Waals surface area contributed by atoms with Gasteiger partial charge in [-0.25, -0.2) is 0 Å². The predicted molar refractivity (Wildman–Crippen MR) is 76.7 cm³/mol. The van der Waals surface area contributed by atoms with Crippen molar-refractivity contribution >= 4 is 0 Å². The Morgan fingerprint density at radius 3 is 2.33 bits per heavy atom. The Labute approximate surface area is 112 Å². The third-order valence-corrected chi connectivity index (χ3v) is 3.81. The number of methoxy groups -OCH3 is 2. The van der Waals surface area contributed by atoms with Gasteiger partial charge >= 0.3 is 0 Å². The number of allylic oxidation sites excluding steroid dienone is 4. The minimum absolute atomic E-state index is 0.186. The molecule has 0 aromatic heterocycles. The quantitative estimate of drug-likeness (QED) is 0.712. The molecule has 104 valence electrons. The second-order valence-electron chi connectivity index (χ2n) is 5.84. The van der Waals surface area contributed by atoms with Gasteiger partial charge in [-0.15, -0.1) is 0 Å². The Hall–Kier alpha value is -0.600. The van der Waals surface area contributed by atoms with E-state index >= 15 is 0 Å². The first-order valence-electron chi connectivity index (χ1n) is 6.88. The summed E-state index contributed by atoms with van der Waals surface area (Å²) in [6.07, 6.45) is 8.05. The molecule has 1 aliphatic carbocycles. The maximum absolute atomic E-state index is 5.43. The fourth-order valence-electron chi connectivity index (χ4n) is 3.05. The van der Waals surface area contributed by atoms with Crippen molar-refractivity contribution in [2.45, 2.75) is 40.0 Å². The third kappa shape index (κ3) is 3.96. The average molecular weight is 252 g/mol. The number of rotatable bonds is 6. The van der Waals surface area contributed by atoms with E-state index in [0.717, 1.165) is 19.6 Å². The van der Waals surface area contributed by atoms with Crippen LogP contribution in [0, 0.1) is 11.3 Å². The molecular weight excluding hydrogens is 224 g/mol. The van der Waals surface area contributed by atoms with Crippen molar-refractivity contribution in [3.05, 3.63) is 23.3 Å². The van der Waals surface area contributed by atoms with Gasteiger partial charge in [-0.1, -0.05) is 30.2 Å². The highest BCUT2D eigenvalue weighted by Crippen LogP contribution is 2.47. The monoisotopic (exact) mass is 252 g/mol. The Kier molecular flexibility index (Phi) is 6.10. The van der Waals surface area contributed by atoms with E-state index < -0.39 is 0 Å². The molecule has 0 spiro atoms. The smallest absolute Gasteiger partial charge is 0.0544 e. The molecule has 1 fully saturated rings. The van der Waals surface area contributed by atoms with Crippen molar-refractivity contribution < 1.29 is 9.47 Å². The molecule has 2 nitrogen and oxygen atoms in total. The number of hydrogen-bond acceptors (Lipinski definition) is 2. The van der Waals surface area contributed by atoms with Crippen molar-refractivity contribution in [1.29, 1.82) is 0 Å². The van der Waals surface area contributed by atoms with Gasteiger partial charge < -0.3 is 9.47 Å². The molecule has 0 aliphatic heterocycles. The number of hydrogen-bond donors (Lipinski definition) is 0. The Balaban J connectivity index is 2.88. The Morgan fingerprint density at radius 2 is 1.89 bits per heavy atom. The predicted octanol–water partition coefficient (Wildman–Crippen LogP) is 3.98. The van der Waals surface area contributed by atoms with E-state index in [9.17, 15) is 0 Å². The molecule has 0 aromatic carbocycles. The summed E-state index contributed by atoms with van der Waals surface area (Å²) >= 11 is 0. The van der Waals surface area contributed by atoms with Crippen LogP contribution in [0.5, 0.6) is 0 Å². The lowest BCUT2D eigenvalue weighted by Gasteiger charge is -2.27. The topological polar surface area (TPSA) is 18.5 Å². The average Bonchev–Trinajstić information content (AvgIpc) is 2.66. The van der Waals surface area contributed by atoms with Crippen molar-refractivity contribution in [3.63, 3.8) is 0 Å². The Morgan fingerprint density at radius 1 is 1.28 bits per heavy atom. The van der Waals surface area contributed by atoms with Crippen LogP contribution in [0.4, 0.5) is 0 Å². The lowest BCUT2D eigenvalue weighted by Crippen LogP contribution is -2.28. The van der Waals surface area contributed by atoms with E-state index in [0.29, 0.717) is 5.92 Å². The van der Waals surface area contributed by atoms with Crippen LogP contribution in [0.1, 0.15) is 40.0 Å². The van der Waals surface area contributed by atoms with Crippen LogP contribution in [-0.2, 0) is 9.47 Å². The molecule has 18 heavy (non-hydrogen) atoms. The second kappa shape index (κ2) is 7.10. The van der Waals surface area contributed by atoms with Gasteiger partial charge in [-0.3, -0.25) is 0 Å². The van der Waals surface area contributed by atoms with Gasteiger partial charge in [0.2, 0.25) is 0 Å². The van der Waals surface area contributed by atoms with Gasteiger partial charge in [0.25, 0.3) is 0 Å². The molecule has 0 saturated heterocycles. The van der Waals surface area contributed by atoms with Crippen LogP contribution in [0.3, 0.4) is 0 Å². The van der Waals surface area contributed by atoms with Crippen molar-refractivity contribution in [2.75, 3.05) is 27.4 Å². The molecule has 0 N–H and O–H groups in total.